The lowest BCUT2D eigenvalue weighted by molar-refractivity contribution is -0.153. The number of carbonyl (C=O) groups is 5. The summed E-state index contributed by atoms with van der Waals surface area (Å²) in [5.74, 6) is -2.82. The van der Waals surface area contributed by atoms with Crippen molar-refractivity contribution in [2.24, 2.45) is 11.8 Å². The van der Waals surface area contributed by atoms with E-state index in [1.165, 1.54) is 21.5 Å². The van der Waals surface area contributed by atoms with Gasteiger partial charge in [-0.3, -0.25) is 34.0 Å². The Morgan fingerprint density at radius 1 is 1.00 bits per heavy atom. The number of methoxy groups -OCH3 is 1. The number of aromatic nitrogens is 2. The number of rotatable bonds is 20. The van der Waals surface area contributed by atoms with Gasteiger partial charge in [-0.05, 0) is 116 Å². The number of phenolic OH excluding ortho intramolecular Hbond substituents is 1. The number of aromatic hydroxyl groups is 1. The number of fused-ring (bicyclic) bond motifs is 1. The van der Waals surface area contributed by atoms with Crippen LogP contribution >= 0.6 is 0 Å². The number of likely N-dealkylation sites (tertiary alicyclic amines) is 1. The molecule has 4 heterocycles. The number of hydrazine groups is 1. The van der Waals surface area contributed by atoms with Gasteiger partial charge in [0.1, 0.15) is 23.9 Å². The van der Waals surface area contributed by atoms with E-state index in [-0.39, 0.29) is 49.6 Å². The van der Waals surface area contributed by atoms with Crippen molar-refractivity contribution < 1.29 is 38.6 Å². The highest BCUT2D eigenvalue weighted by molar-refractivity contribution is 5.96. The van der Waals surface area contributed by atoms with Gasteiger partial charge >= 0.3 is 5.97 Å². The monoisotopic (exact) mass is 920 g/mol. The van der Waals surface area contributed by atoms with Crippen LogP contribution in [0.4, 0.5) is 0 Å². The molecule has 6 rings (SSSR count). The molecule has 0 bridgehead atoms. The summed E-state index contributed by atoms with van der Waals surface area (Å²) in [5, 5.41) is 16.8. The largest absolute Gasteiger partial charge is 0.508 e. The number of phenols is 1. The summed E-state index contributed by atoms with van der Waals surface area (Å²) in [6.07, 6.45) is 9.59. The van der Waals surface area contributed by atoms with Crippen molar-refractivity contribution in [2.75, 3.05) is 47.0 Å². The van der Waals surface area contributed by atoms with Crippen molar-refractivity contribution in [3.8, 4) is 28.1 Å². The van der Waals surface area contributed by atoms with Gasteiger partial charge in [0.05, 0.1) is 24.8 Å². The van der Waals surface area contributed by atoms with Crippen LogP contribution in [-0.4, -0.2) is 124 Å². The summed E-state index contributed by atoms with van der Waals surface area (Å²) in [6, 6.07) is 10.8. The van der Waals surface area contributed by atoms with Crippen LogP contribution in [0.1, 0.15) is 83.4 Å². The van der Waals surface area contributed by atoms with Gasteiger partial charge in [-0.1, -0.05) is 52.8 Å². The summed E-state index contributed by atoms with van der Waals surface area (Å²) in [7, 11) is 3.28. The molecule has 0 aliphatic carbocycles. The third-order valence-corrected chi connectivity index (χ3v) is 13.0. The number of carbonyl (C=O) groups excluding carboxylic acids is 5. The fraction of sp³-hybridized carbons (Fsp3) is 0.500. The molecule has 0 unspecified atom stereocenters. The lowest BCUT2D eigenvalue weighted by Crippen LogP contribution is -2.62. The van der Waals surface area contributed by atoms with Crippen molar-refractivity contribution >= 4 is 40.5 Å². The van der Waals surface area contributed by atoms with E-state index in [9.17, 15) is 29.1 Å². The summed E-state index contributed by atoms with van der Waals surface area (Å²) in [5.41, 5.74) is 11.0. The van der Waals surface area contributed by atoms with Crippen molar-refractivity contribution in [1.29, 1.82) is 0 Å². The van der Waals surface area contributed by atoms with E-state index >= 15 is 0 Å². The highest BCUT2D eigenvalue weighted by Crippen LogP contribution is 2.39. The smallest absolute Gasteiger partial charge is 0.324 e. The number of esters is 1. The van der Waals surface area contributed by atoms with Crippen LogP contribution in [0.3, 0.4) is 0 Å². The maximum atomic E-state index is 14.7. The maximum Gasteiger partial charge on any atom is 0.324 e. The highest BCUT2D eigenvalue weighted by atomic mass is 16.5. The predicted molar refractivity (Wildman–Crippen MR) is 259 cm³/mol. The number of hydrogen-bond donors (Lipinski definition) is 3. The average molecular weight is 920 g/mol. The van der Waals surface area contributed by atoms with Gasteiger partial charge in [0.25, 0.3) is 5.91 Å². The molecule has 2 aromatic carbocycles. The SMILES string of the molecule is C=CC(=O)N1CC[C@H](C(=O)N(C)[C@H](C(=O)N[C@@H](Cc2cc(O)cc(-c3ccc4c(c3)c(CCC)c(-c3ccncc3CCOC)n4CC)c2)C(=O)N2CCC[C@@H](C(=O)OCCC)N2)C(C)C)C1. The molecule has 2 saturated heterocycles. The molecule has 2 aliphatic rings. The molecule has 0 radical (unpaired) electrons. The van der Waals surface area contributed by atoms with E-state index in [0.29, 0.717) is 44.4 Å². The minimum atomic E-state index is -1.16. The van der Waals surface area contributed by atoms with Crippen molar-refractivity contribution in [3.63, 3.8) is 0 Å². The second kappa shape index (κ2) is 23.1. The third kappa shape index (κ3) is 11.6. The van der Waals surface area contributed by atoms with Gasteiger partial charge in [-0.2, -0.15) is 0 Å². The van der Waals surface area contributed by atoms with Crippen LogP contribution in [0.15, 0.2) is 67.5 Å². The van der Waals surface area contributed by atoms with Crippen LogP contribution < -0.4 is 10.7 Å². The Hall–Kier alpha value is -6.06. The van der Waals surface area contributed by atoms with Gasteiger partial charge in [-0.25, -0.2) is 5.43 Å². The van der Waals surface area contributed by atoms with Crippen LogP contribution in [0.2, 0.25) is 0 Å². The summed E-state index contributed by atoms with van der Waals surface area (Å²) in [4.78, 5) is 75.9. The standard InChI is InChI=1S/C52H69N7O8/c1-9-14-41-42-30-35(16-17-45(42)58(12-4)48(41)40-18-21-53-31-36(40)20-25-66-8)38-26-34(27-39(60)29-38)28-44(51(64)59-22-13-15-43(55-59)52(65)67-24-10-2)54-49(62)47(33(5)6)56(7)50(63)37-19-23-57(32-37)46(61)11-3/h11,16-18,21,26-27,29-31,33,37,43-44,47,55,60H,3,9-10,12-15,19-20,22-25,28,32H2,1-2,4-8H3,(H,54,62)/t37-,43-,44-,47-/m0/s1. The van der Waals surface area contributed by atoms with Crippen LogP contribution in [-0.2, 0) is 59.3 Å². The first kappa shape index (κ1) is 50.4. The van der Waals surface area contributed by atoms with Crippen molar-refractivity contribution in [2.45, 2.75) is 111 Å². The molecule has 2 aliphatic heterocycles. The normalized spacial score (nSPS) is 17.1. The molecular formula is C52H69N7O8. The summed E-state index contributed by atoms with van der Waals surface area (Å²) in [6.45, 7) is 16.0. The number of benzene rings is 2. The zero-order valence-corrected chi connectivity index (χ0v) is 40.3. The molecule has 360 valence electrons. The second-order valence-electron chi connectivity index (χ2n) is 18.1. The minimum absolute atomic E-state index is 0.00828. The van der Waals surface area contributed by atoms with E-state index in [4.69, 9.17) is 9.47 Å². The topological polar surface area (TPSA) is 176 Å². The Morgan fingerprint density at radius 2 is 1.79 bits per heavy atom. The van der Waals surface area contributed by atoms with Crippen LogP contribution in [0, 0.1) is 11.8 Å². The first-order chi connectivity index (χ1) is 32.2. The molecular weight excluding hydrogens is 851 g/mol. The first-order valence-corrected chi connectivity index (χ1v) is 23.9. The van der Waals surface area contributed by atoms with Gasteiger partial charge < -0.3 is 34.3 Å². The second-order valence-corrected chi connectivity index (χ2v) is 18.1. The Morgan fingerprint density at radius 3 is 2.49 bits per heavy atom. The Bertz CT molecular complexity index is 2430. The number of amides is 4. The van der Waals surface area contributed by atoms with Crippen LogP contribution in [0.25, 0.3) is 33.3 Å². The Kier molecular flexibility index (Phi) is 17.4. The number of nitrogens with one attached hydrogen (secondary N) is 2. The summed E-state index contributed by atoms with van der Waals surface area (Å²) >= 11 is 0. The summed E-state index contributed by atoms with van der Waals surface area (Å²) < 4.78 is 13.2. The quantitative estimate of drug-likeness (QED) is 0.0681. The van der Waals surface area contributed by atoms with Crippen molar-refractivity contribution in [1.82, 2.24) is 35.1 Å². The molecule has 15 heteroatoms. The molecule has 2 aromatic heterocycles. The molecule has 67 heavy (non-hydrogen) atoms. The zero-order valence-electron chi connectivity index (χ0n) is 40.3. The van der Waals surface area contributed by atoms with E-state index in [2.05, 4.69) is 58.9 Å². The molecule has 4 atom stereocenters. The third-order valence-electron chi connectivity index (χ3n) is 13.0. The average Bonchev–Trinajstić information content (AvgIpc) is 3.94. The highest BCUT2D eigenvalue weighted by Gasteiger charge is 2.40. The Balaban J connectivity index is 1.35. The molecule has 0 saturated carbocycles. The molecule has 15 nitrogen and oxygen atoms in total. The minimum Gasteiger partial charge on any atom is -0.508 e. The fourth-order valence-electron chi connectivity index (χ4n) is 9.71. The first-order valence-electron chi connectivity index (χ1n) is 23.9. The van der Waals surface area contributed by atoms with E-state index in [1.807, 2.05) is 45.3 Å². The molecule has 4 aromatic rings. The number of nitrogens with zero attached hydrogens (tertiary/aromatic N) is 5. The van der Waals surface area contributed by atoms with Gasteiger partial charge in [-0.15, -0.1) is 0 Å². The maximum absolute atomic E-state index is 14.7. The van der Waals surface area contributed by atoms with E-state index in [1.54, 1.807) is 31.2 Å². The van der Waals surface area contributed by atoms with Crippen LogP contribution in [0.5, 0.6) is 5.75 Å². The van der Waals surface area contributed by atoms with Gasteiger partial charge in [0, 0.05) is 75.6 Å². The lowest BCUT2D eigenvalue weighted by Gasteiger charge is -2.36. The molecule has 4 amide bonds. The zero-order chi connectivity index (χ0) is 48.4. The van der Waals surface area contributed by atoms with Gasteiger partial charge in [0.2, 0.25) is 17.7 Å². The lowest BCUT2D eigenvalue weighted by atomic mass is 9.94. The van der Waals surface area contributed by atoms with Gasteiger partial charge in [0.15, 0.2) is 0 Å². The van der Waals surface area contributed by atoms with E-state index < -0.39 is 41.8 Å². The van der Waals surface area contributed by atoms with E-state index in [0.717, 1.165) is 64.7 Å². The number of hydrogen-bond acceptors (Lipinski definition) is 10. The number of aryl methyl sites for hydroxylation is 2. The number of ether oxygens (including phenoxy) is 2. The Labute approximate surface area is 394 Å². The molecule has 3 N–H and O–H groups in total. The number of pyridine rings is 1. The molecule has 2 fully saturated rings. The fourth-order valence-corrected chi connectivity index (χ4v) is 9.71. The predicted octanol–water partition coefficient (Wildman–Crippen LogP) is 6.23. The molecule has 0 spiro atoms. The number of likely N-dealkylation sites (N-methyl/N-ethyl adjacent to an activating group) is 1. The van der Waals surface area contributed by atoms with Crippen molar-refractivity contribution in [3.05, 3.63) is 84.2 Å².